The lowest BCUT2D eigenvalue weighted by Crippen LogP contribution is -2.64. The van der Waals surface area contributed by atoms with E-state index >= 15 is 0 Å². The molecule has 1 fully saturated rings. The summed E-state index contributed by atoms with van der Waals surface area (Å²) >= 11 is 0. The summed E-state index contributed by atoms with van der Waals surface area (Å²) in [7, 11) is 1.68. The Hall–Kier alpha value is -1.10. The van der Waals surface area contributed by atoms with Crippen LogP contribution < -0.4 is 5.32 Å². The van der Waals surface area contributed by atoms with Crippen LogP contribution in [-0.2, 0) is 14.3 Å². The van der Waals surface area contributed by atoms with E-state index in [4.69, 9.17) is 4.74 Å². The van der Waals surface area contributed by atoms with Crippen LogP contribution in [-0.4, -0.2) is 49.1 Å². The largest absolute Gasteiger partial charge is 0.385 e. The minimum Gasteiger partial charge on any atom is -0.385 e. The molecule has 1 saturated heterocycles. The van der Waals surface area contributed by atoms with Crippen LogP contribution in [0.15, 0.2) is 0 Å². The molecule has 2 amide bonds. The predicted molar refractivity (Wildman–Crippen MR) is 82.9 cm³/mol. The molecule has 1 aliphatic heterocycles. The van der Waals surface area contributed by atoms with Gasteiger partial charge in [-0.3, -0.25) is 9.59 Å². The first-order valence-electron chi connectivity index (χ1n) is 7.96. The molecule has 2 atom stereocenters. The molecule has 122 valence electrons. The van der Waals surface area contributed by atoms with E-state index < -0.39 is 0 Å². The Morgan fingerprint density at radius 3 is 2.48 bits per heavy atom. The molecule has 0 aromatic rings. The van der Waals surface area contributed by atoms with Crippen molar-refractivity contribution in [3.8, 4) is 0 Å². The third kappa shape index (κ3) is 4.70. The van der Waals surface area contributed by atoms with E-state index in [1.807, 2.05) is 13.8 Å². The molecule has 5 nitrogen and oxygen atoms in total. The van der Waals surface area contributed by atoms with Crippen molar-refractivity contribution in [1.82, 2.24) is 10.2 Å². The number of ether oxygens (including phenoxy) is 1. The molecule has 5 heteroatoms. The fraction of sp³-hybridized carbons (Fsp3) is 0.875. The van der Waals surface area contributed by atoms with Crippen LogP contribution in [0.2, 0.25) is 0 Å². The van der Waals surface area contributed by atoms with Crippen molar-refractivity contribution >= 4 is 11.8 Å². The van der Waals surface area contributed by atoms with Crippen molar-refractivity contribution in [2.45, 2.75) is 65.5 Å². The second kappa shape index (κ2) is 7.78. The first-order valence-corrected chi connectivity index (χ1v) is 7.96. The van der Waals surface area contributed by atoms with Crippen molar-refractivity contribution in [3.05, 3.63) is 0 Å². The van der Waals surface area contributed by atoms with Crippen molar-refractivity contribution in [3.63, 3.8) is 0 Å². The van der Waals surface area contributed by atoms with Gasteiger partial charge in [-0.1, -0.05) is 34.1 Å². The molecule has 1 rings (SSSR count). The zero-order chi connectivity index (χ0) is 16.0. The number of hydrogen-bond donors (Lipinski definition) is 1. The molecule has 0 bridgehead atoms. The van der Waals surface area contributed by atoms with Gasteiger partial charge < -0.3 is 15.0 Å². The molecule has 0 aromatic carbocycles. The van der Waals surface area contributed by atoms with E-state index in [9.17, 15) is 9.59 Å². The highest BCUT2D eigenvalue weighted by Crippen LogP contribution is 2.26. The summed E-state index contributed by atoms with van der Waals surface area (Å²) in [5.74, 6) is 0.0480. The normalized spacial score (nSPS) is 23.4. The lowest BCUT2D eigenvalue weighted by Gasteiger charge is -2.42. The van der Waals surface area contributed by atoms with Crippen LogP contribution in [0.5, 0.6) is 0 Å². The maximum Gasteiger partial charge on any atom is 0.245 e. The lowest BCUT2D eigenvalue weighted by atomic mass is 9.87. The smallest absolute Gasteiger partial charge is 0.245 e. The van der Waals surface area contributed by atoms with Gasteiger partial charge in [0, 0.05) is 20.3 Å². The number of nitrogens with one attached hydrogen (secondary N) is 1. The summed E-state index contributed by atoms with van der Waals surface area (Å²) < 4.78 is 5.14. The second-order valence-corrected chi connectivity index (χ2v) is 6.65. The molecule has 1 N–H and O–H groups in total. The van der Waals surface area contributed by atoms with Gasteiger partial charge in [-0.25, -0.2) is 0 Å². The van der Waals surface area contributed by atoms with Crippen LogP contribution in [0.4, 0.5) is 0 Å². The highest BCUT2D eigenvalue weighted by atomic mass is 16.5. The van der Waals surface area contributed by atoms with E-state index in [1.165, 1.54) is 0 Å². The van der Waals surface area contributed by atoms with Gasteiger partial charge in [0.05, 0.1) is 0 Å². The average Bonchev–Trinajstić information content (AvgIpc) is 2.42. The number of amides is 2. The Morgan fingerprint density at radius 2 is 1.95 bits per heavy atom. The molecule has 2 unspecified atom stereocenters. The topological polar surface area (TPSA) is 58.6 Å². The van der Waals surface area contributed by atoms with Crippen LogP contribution >= 0.6 is 0 Å². The first-order chi connectivity index (χ1) is 9.86. The summed E-state index contributed by atoms with van der Waals surface area (Å²) in [6, 6.07) is -0.698. The number of carbonyl (C=O) groups excluding carboxylic acids is 2. The zero-order valence-corrected chi connectivity index (χ0v) is 14.1. The molecular weight excluding hydrogens is 268 g/mol. The average molecular weight is 298 g/mol. The van der Waals surface area contributed by atoms with Gasteiger partial charge in [0.15, 0.2) is 0 Å². The minimum atomic E-state index is -0.358. The van der Waals surface area contributed by atoms with Crippen LogP contribution in [0.1, 0.15) is 53.4 Å². The quantitative estimate of drug-likeness (QED) is 0.745. The Kier molecular flexibility index (Phi) is 6.65. The molecule has 0 radical (unpaired) electrons. The number of carbonyl (C=O) groups is 2. The van der Waals surface area contributed by atoms with Crippen molar-refractivity contribution < 1.29 is 14.3 Å². The third-order valence-corrected chi connectivity index (χ3v) is 4.12. The van der Waals surface area contributed by atoms with Crippen LogP contribution in [0.3, 0.4) is 0 Å². The zero-order valence-electron chi connectivity index (χ0n) is 14.1. The van der Waals surface area contributed by atoms with Gasteiger partial charge in [-0.2, -0.15) is 0 Å². The summed E-state index contributed by atoms with van der Waals surface area (Å²) in [4.78, 5) is 26.7. The molecule has 0 aliphatic carbocycles. The number of nitrogens with zero attached hydrogens (tertiary/aromatic N) is 1. The van der Waals surface area contributed by atoms with E-state index in [0.29, 0.717) is 26.0 Å². The Labute approximate surface area is 128 Å². The van der Waals surface area contributed by atoms with Crippen molar-refractivity contribution in [2.24, 2.45) is 5.41 Å². The molecule has 1 aliphatic rings. The highest BCUT2D eigenvalue weighted by molar-refractivity contribution is 5.96. The van der Waals surface area contributed by atoms with E-state index in [-0.39, 0.29) is 29.3 Å². The summed E-state index contributed by atoms with van der Waals surface area (Å²) in [5, 5.41) is 2.87. The van der Waals surface area contributed by atoms with E-state index in [0.717, 1.165) is 12.8 Å². The van der Waals surface area contributed by atoms with Gasteiger partial charge in [0.1, 0.15) is 12.1 Å². The van der Waals surface area contributed by atoms with Gasteiger partial charge >= 0.3 is 0 Å². The molecule has 0 spiro atoms. The van der Waals surface area contributed by atoms with Crippen LogP contribution in [0.25, 0.3) is 0 Å². The van der Waals surface area contributed by atoms with Gasteiger partial charge in [0.25, 0.3) is 0 Å². The summed E-state index contributed by atoms with van der Waals surface area (Å²) in [6.07, 6.45) is 3.10. The number of piperazine rings is 1. The highest BCUT2D eigenvalue weighted by Gasteiger charge is 2.41. The molecule has 0 saturated carbocycles. The van der Waals surface area contributed by atoms with Crippen LogP contribution in [0, 0.1) is 5.41 Å². The Balaban J connectivity index is 2.86. The van der Waals surface area contributed by atoms with Gasteiger partial charge in [-0.15, -0.1) is 0 Å². The molecule has 1 heterocycles. The number of methoxy groups -OCH3 is 1. The van der Waals surface area contributed by atoms with Gasteiger partial charge in [-0.05, 0) is 24.7 Å². The Bertz CT molecular complexity index is 369. The van der Waals surface area contributed by atoms with E-state index in [1.54, 1.807) is 12.0 Å². The first kappa shape index (κ1) is 18.0. The van der Waals surface area contributed by atoms with Crippen molar-refractivity contribution in [2.75, 3.05) is 20.3 Å². The van der Waals surface area contributed by atoms with Gasteiger partial charge in [0.2, 0.25) is 11.8 Å². The fourth-order valence-corrected chi connectivity index (χ4v) is 2.82. The second-order valence-electron chi connectivity index (χ2n) is 6.65. The third-order valence-electron chi connectivity index (χ3n) is 4.12. The maximum absolute atomic E-state index is 12.7. The summed E-state index contributed by atoms with van der Waals surface area (Å²) in [5.41, 5.74) is -0.0620. The number of hydrogen-bond acceptors (Lipinski definition) is 3. The lowest BCUT2D eigenvalue weighted by molar-refractivity contribution is -0.151. The minimum absolute atomic E-state index is 0.0157. The maximum atomic E-state index is 12.7. The monoisotopic (exact) mass is 298 g/mol. The fourth-order valence-electron chi connectivity index (χ4n) is 2.82. The SMILES string of the molecule is CCCC1NC(=O)C(CC)N(CC(C)(C)CCOC)C1=O. The molecular formula is C16H30N2O3. The molecule has 0 aromatic heterocycles. The Morgan fingerprint density at radius 1 is 1.29 bits per heavy atom. The van der Waals surface area contributed by atoms with E-state index in [2.05, 4.69) is 19.2 Å². The predicted octanol–water partition coefficient (Wildman–Crippen LogP) is 1.95. The number of rotatable bonds is 8. The standard InChI is InChI=1S/C16H30N2O3/c1-6-8-12-15(20)18(13(7-2)14(19)17-12)11-16(3,4)9-10-21-5/h12-13H,6-11H2,1-5H3,(H,17,19). The molecule has 21 heavy (non-hydrogen) atoms. The van der Waals surface area contributed by atoms with Crippen molar-refractivity contribution in [1.29, 1.82) is 0 Å². The summed E-state index contributed by atoms with van der Waals surface area (Å²) in [6.45, 7) is 9.48.